The van der Waals surface area contributed by atoms with Crippen molar-refractivity contribution in [2.45, 2.75) is 32.1 Å². The Hall–Kier alpha value is -1.77. The van der Waals surface area contributed by atoms with E-state index in [9.17, 15) is 13.2 Å². The third-order valence-electron chi connectivity index (χ3n) is 4.59. The van der Waals surface area contributed by atoms with E-state index < -0.39 is 10.0 Å². The van der Waals surface area contributed by atoms with E-state index in [1.54, 1.807) is 17.0 Å². The van der Waals surface area contributed by atoms with Gasteiger partial charge in [-0.2, -0.15) is 4.31 Å². The van der Waals surface area contributed by atoms with Crippen LogP contribution in [-0.4, -0.2) is 54.7 Å². The number of piperazine rings is 1. The summed E-state index contributed by atoms with van der Waals surface area (Å²) in [6, 6.07) is 7.02. The number of sulfonamides is 1. The SMILES string of the molecule is CCc1ccc(S(=O)(=O)N2CCN(C(=O)c3sc(C)nc3C)CC2)cc1. The Labute approximate surface area is 158 Å². The van der Waals surface area contributed by atoms with Crippen molar-refractivity contribution >= 4 is 27.3 Å². The highest BCUT2D eigenvalue weighted by atomic mass is 32.2. The number of aryl methyl sites for hydroxylation is 3. The number of nitrogens with zero attached hydrogens (tertiary/aromatic N) is 3. The summed E-state index contributed by atoms with van der Waals surface area (Å²) < 4.78 is 27.1. The van der Waals surface area contributed by atoms with Crippen LogP contribution in [-0.2, 0) is 16.4 Å². The van der Waals surface area contributed by atoms with E-state index in [2.05, 4.69) is 4.98 Å². The van der Waals surface area contributed by atoms with Crippen molar-refractivity contribution in [1.82, 2.24) is 14.2 Å². The Kier molecular flexibility index (Phi) is 5.45. The van der Waals surface area contributed by atoms with Crippen LogP contribution in [0.15, 0.2) is 29.2 Å². The van der Waals surface area contributed by atoms with Crippen LogP contribution in [0.3, 0.4) is 0 Å². The maximum Gasteiger partial charge on any atom is 0.265 e. The minimum absolute atomic E-state index is 0.0579. The van der Waals surface area contributed by atoms with Gasteiger partial charge in [-0.1, -0.05) is 19.1 Å². The van der Waals surface area contributed by atoms with Crippen LogP contribution in [0.2, 0.25) is 0 Å². The number of benzene rings is 1. The van der Waals surface area contributed by atoms with Crippen molar-refractivity contribution in [2.75, 3.05) is 26.2 Å². The monoisotopic (exact) mass is 393 g/mol. The summed E-state index contributed by atoms with van der Waals surface area (Å²) >= 11 is 1.39. The molecule has 26 heavy (non-hydrogen) atoms. The van der Waals surface area contributed by atoms with Crippen LogP contribution >= 0.6 is 11.3 Å². The van der Waals surface area contributed by atoms with Crippen LogP contribution in [0.5, 0.6) is 0 Å². The molecule has 3 rings (SSSR count). The average molecular weight is 394 g/mol. The third-order valence-corrected chi connectivity index (χ3v) is 7.57. The largest absolute Gasteiger partial charge is 0.335 e. The molecule has 1 aliphatic heterocycles. The maximum atomic E-state index is 12.8. The van der Waals surface area contributed by atoms with Crippen LogP contribution in [0.4, 0.5) is 0 Å². The fourth-order valence-corrected chi connectivity index (χ4v) is 5.36. The van der Waals surface area contributed by atoms with Gasteiger partial charge in [0.1, 0.15) is 4.88 Å². The Morgan fingerprint density at radius 2 is 1.73 bits per heavy atom. The first-order valence-electron chi connectivity index (χ1n) is 8.65. The molecule has 1 fully saturated rings. The summed E-state index contributed by atoms with van der Waals surface area (Å²) in [6.45, 7) is 7.14. The Morgan fingerprint density at radius 1 is 1.12 bits per heavy atom. The molecule has 0 spiro atoms. The number of thiazole rings is 1. The van der Waals surface area contributed by atoms with E-state index in [4.69, 9.17) is 0 Å². The molecule has 1 aromatic carbocycles. The van der Waals surface area contributed by atoms with Crippen molar-refractivity contribution < 1.29 is 13.2 Å². The highest BCUT2D eigenvalue weighted by Crippen LogP contribution is 2.22. The molecule has 140 valence electrons. The second kappa shape index (κ2) is 7.46. The topological polar surface area (TPSA) is 70.6 Å². The van der Waals surface area contributed by atoms with Gasteiger partial charge in [-0.25, -0.2) is 13.4 Å². The molecule has 2 aromatic rings. The molecule has 1 saturated heterocycles. The Morgan fingerprint density at radius 3 is 2.23 bits per heavy atom. The summed E-state index contributed by atoms with van der Waals surface area (Å²) in [5.74, 6) is -0.0579. The van der Waals surface area contributed by atoms with Crippen LogP contribution in [0.25, 0.3) is 0 Å². The molecule has 0 saturated carbocycles. The standard InChI is InChI=1S/C18H23N3O3S2/c1-4-15-5-7-16(8-6-15)26(23,24)21-11-9-20(10-12-21)18(22)17-13(2)19-14(3)25-17/h5-8H,4,9-12H2,1-3H3. The van der Waals surface area contributed by atoms with Crippen LogP contribution in [0, 0.1) is 13.8 Å². The highest BCUT2D eigenvalue weighted by Gasteiger charge is 2.31. The molecule has 2 heterocycles. The number of carbonyl (C=O) groups excluding carboxylic acids is 1. The first-order valence-corrected chi connectivity index (χ1v) is 10.9. The van der Waals surface area contributed by atoms with E-state index in [0.717, 1.165) is 22.7 Å². The van der Waals surface area contributed by atoms with Crippen molar-refractivity contribution in [1.29, 1.82) is 0 Å². The molecule has 1 aromatic heterocycles. The van der Waals surface area contributed by atoms with Crippen LogP contribution < -0.4 is 0 Å². The number of hydrogen-bond acceptors (Lipinski definition) is 5. The lowest BCUT2D eigenvalue weighted by Gasteiger charge is -2.33. The lowest BCUT2D eigenvalue weighted by Crippen LogP contribution is -2.50. The van der Waals surface area contributed by atoms with Crippen molar-refractivity contribution in [3.8, 4) is 0 Å². The summed E-state index contributed by atoms with van der Waals surface area (Å²) in [6.07, 6.45) is 0.873. The first kappa shape index (κ1) is 19.0. The van der Waals surface area contributed by atoms with Crippen LogP contribution in [0.1, 0.15) is 32.9 Å². The summed E-state index contributed by atoms with van der Waals surface area (Å²) in [5, 5.41) is 0.864. The predicted molar refractivity (Wildman–Crippen MR) is 102 cm³/mol. The van der Waals surface area contributed by atoms with Gasteiger partial charge in [0.25, 0.3) is 5.91 Å². The maximum absolute atomic E-state index is 12.8. The molecule has 1 amide bonds. The Balaban J connectivity index is 1.69. The zero-order valence-electron chi connectivity index (χ0n) is 15.2. The fraction of sp³-hybridized carbons (Fsp3) is 0.444. The molecular weight excluding hydrogens is 370 g/mol. The van der Waals surface area contributed by atoms with Gasteiger partial charge in [-0.3, -0.25) is 4.79 Å². The zero-order chi connectivity index (χ0) is 18.9. The van der Waals surface area contributed by atoms with E-state index in [1.165, 1.54) is 15.6 Å². The molecule has 0 bridgehead atoms. The molecule has 1 aliphatic rings. The summed E-state index contributed by atoms with van der Waals surface area (Å²) in [7, 11) is -3.52. The second-order valence-corrected chi connectivity index (χ2v) is 9.48. The molecule has 6 nitrogen and oxygen atoms in total. The number of amides is 1. The first-order chi connectivity index (χ1) is 12.3. The number of aromatic nitrogens is 1. The van der Waals surface area contributed by atoms with Gasteiger partial charge >= 0.3 is 0 Å². The van der Waals surface area contributed by atoms with E-state index >= 15 is 0 Å². The molecule has 0 N–H and O–H groups in total. The smallest absolute Gasteiger partial charge is 0.265 e. The number of hydrogen-bond donors (Lipinski definition) is 0. The second-order valence-electron chi connectivity index (χ2n) is 6.34. The lowest BCUT2D eigenvalue weighted by atomic mass is 10.2. The summed E-state index contributed by atoms with van der Waals surface area (Å²) in [4.78, 5) is 19.6. The van der Waals surface area contributed by atoms with Gasteiger partial charge in [-0.15, -0.1) is 11.3 Å². The fourth-order valence-electron chi connectivity index (χ4n) is 3.05. The van der Waals surface area contributed by atoms with Gasteiger partial charge in [0.15, 0.2) is 0 Å². The number of carbonyl (C=O) groups is 1. The van der Waals surface area contributed by atoms with Gasteiger partial charge in [0.05, 0.1) is 15.6 Å². The Bertz CT molecular complexity index is 896. The van der Waals surface area contributed by atoms with Crippen molar-refractivity contribution in [3.05, 3.63) is 45.4 Å². The summed E-state index contributed by atoms with van der Waals surface area (Å²) in [5.41, 5.74) is 1.85. The predicted octanol–water partition coefficient (Wildman–Crippen LogP) is 2.47. The van der Waals surface area contributed by atoms with Crippen molar-refractivity contribution in [3.63, 3.8) is 0 Å². The molecule has 0 aliphatic carbocycles. The lowest BCUT2D eigenvalue weighted by molar-refractivity contribution is 0.0702. The molecule has 0 unspecified atom stereocenters. The van der Waals surface area contributed by atoms with Gasteiger partial charge in [-0.05, 0) is 38.0 Å². The minimum Gasteiger partial charge on any atom is -0.335 e. The third kappa shape index (κ3) is 3.67. The molecule has 0 atom stereocenters. The van der Waals surface area contributed by atoms with Gasteiger partial charge in [0, 0.05) is 26.2 Å². The minimum atomic E-state index is -3.52. The number of rotatable bonds is 4. The van der Waals surface area contributed by atoms with E-state index in [-0.39, 0.29) is 5.91 Å². The van der Waals surface area contributed by atoms with Crippen molar-refractivity contribution in [2.24, 2.45) is 0 Å². The van der Waals surface area contributed by atoms with Gasteiger partial charge in [0.2, 0.25) is 10.0 Å². The van der Waals surface area contributed by atoms with E-state index in [0.29, 0.717) is 36.0 Å². The molecule has 8 heteroatoms. The molecular formula is C18H23N3O3S2. The average Bonchev–Trinajstić information content (AvgIpc) is 2.99. The van der Waals surface area contributed by atoms with Gasteiger partial charge < -0.3 is 4.90 Å². The van der Waals surface area contributed by atoms with E-state index in [1.807, 2.05) is 32.9 Å². The zero-order valence-corrected chi connectivity index (χ0v) is 16.9. The highest BCUT2D eigenvalue weighted by molar-refractivity contribution is 7.89. The molecule has 0 radical (unpaired) electrons. The quantitative estimate of drug-likeness (QED) is 0.800. The normalized spacial score (nSPS) is 16.0.